The molecule has 24 heavy (non-hydrogen) atoms. The monoisotopic (exact) mass is 350 g/mol. The number of rotatable bonds is 7. The summed E-state index contributed by atoms with van der Waals surface area (Å²) in [6, 6.07) is 7.64. The molecule has 2 rings (SSSR count). The highest BCUT2D eigenvalue weighted by Crippen LogP contribution is 2.49. The second kappa shape index (κ2) is 6.91. The molecule has 1 aromatic rings. The number of esters is 1. The average molecular weight is 350 g/mol. The predicted molar refractivity (Wildman–Crippen MR) is 88.6 cm³/mol. The summed E-state index contributed by atoms with van der Waals surface area (Å²) in [6.45, 7) is 1.90. The van der Waals surface area contributed by atoms with E-state index in [1.54, 1.807) is 12.1 Å². The molecule has 130 valence electrons. The maximum Gasteiger partial charge on any atom is 0.316 e. The summed E-state index contributed by atoms with van der Waals surface area (Å²) in [6.07, 6.45) is 2.62. The molecule has 1 saturated carbocycles. The van der Waals surface area contributed by atoms with E-state index >= 15 is 0 Å². The Morgan fingerprint density at radius 1 is 1.38 bits per heavy atom. The Hall–Kier alpha value is -1.91. The van der Waals surface area contributed by atoms with Crippen molar-refractivity contribution in [2.75, 3.05) is 14.2 Å². The van der Waals surface area contributed by atoms with E-state index in [1.165, 1.54) is 26.3 Å². The molecule has 0 spiro atoms. The van der Waals surface area contributed by atoms with E-state index in [0.717, 1.165) is 16.3 Å². The van der Waals surface area contributed by atoms with Crippen LogP contribution < -0.4 is 0 Å². The van der Waals surface area contributed by atoms with Gasteiger partial charge in [0.1, 0.15) is 6.04 Å². The van der Waals surface area contributed by atoms with Crippen molar-refractivity contribution >= 4 is 16.0 Å². The largest absolute Gasteiger partial charge is 0.468 e. The van der Waals surface area contributed by atoms with Crippen LogP contribution in [0.15, 0.2) is 29.2 Å². The molecule has 0 heterocycles. The lowest BCUT2D eigenvalue weighted by Gasteiger charge is -2.22. The van der Waals surface area contributed by atoms with Crippen molar-refractivity contribution in [2.24, 2.45) is 0 Å². The number of methoxy groups -OCH3 is 1. The van der Waals surface area contributed by atoms with E-state index in [9.17, 15) is 18.5 Å². The fraction of sp³-hybridized carbons (Fsp3) is 0.529. The molecule has 0 unspecified atom stereocenters. The highest BCUT2D eigenvalue weighted by molar-refractivity contribution is 7.89. The first-order chi connectivity index (χ1) is 11.3. The lowest BCUT2D eigenvalue weighted by Crippen LogP contribution is -2.36. The van der Waals surface area contributed by atoms with Crippen LogP contribution in [0.2, 0.25) is 0 Å². The molecule has 0 aliphatic heterocycles. The first-order valence-corrected chi connectivity index (χ1v) is 9.34. The minimum absolute atomic E-state index is 0.116. The summed E-state index contributed by atoms with van der Waals surface area (Å²) in [4.78, 5) is 12.0. The van der Waals surface area contributed by atoms with Gasteiger partial charge in [0.05, 0.1) is 23.5 Å². The summed E-state index contributed by atoms with van der Waals surface area (Å²) in [5.74, 6) is -0.289. The maximum absolute atomic E-state index is 12.7. The maximum atomic E-state index is 12.7. The van der Waals surface area contributed by atoms with Gasteiger partial charge in [-0.05, 0) is 37.0 Å². The highest BCUT2D eigenvalue weighted by atomic mass is 32.2. The second-order valence-corrected chi connectivity index (χ2v) is 8.05. The van der Waals surface area contributed by atoms with Crippen molar-refractivity contribution in [3.63, 3.8) is 0 Å². The van der Waals surface area contributed by atoms with Gasteiger partial charge < -0.3 is 4.74 Å². The molecule has 0 aromatic heterocycles. The molecular weight excluding hydrogens is 328 g/mol. The van der Waals surface area contributed by atoms with Crippen LogP contribution in [0, 0.1) is 11.3 Å². The summed E-state index contributed by atoms with van der Waals surface area (Å²) in [5.41, 5.74) is 0.140. The van der Waals surface area contributed by atoms with Crippen molar-refractivity contribution in [3.05, 3.63) is 29.8 Å². The van der Waals surface area contributed by atoms with E-state index in [0.29, 0.717) is 19.3 Å². The van der Waals surface area contributed by atoms with Gasteiger partial charge in [-0.15, -0.1) is 0 Å². The number of ether oxygens (including phenoxy) is 1. The van der Waals surface area contributed by atoms with E-state index in [-0.39, 0.29) is 10.9 Å². The standard InChI is InChI=1S/C17H22N2O4S/c1-4-5-14(12-18)19(2)24(21,22)15-8-6-13(7-9-15)17(10-11-17)16(20)23-3/h6-9,14H,4-5,10-11H2,1-3H3/t14-/m0/s1. The van der Waals surface area contributed by atoms with Crippen LogP contribution in [0.5, 0.6) is 0 Å². The number of nitrogens with zero attached hydrogens (tertiary/aromatic N) is 2. The molecule has 1 aromatic carbocycles. The number of hydrogen-bond donors (Lipinski definition) is 0. The van der Waals surface area contributed by atoms with E-state index in [1.807, 2.05) is 13.0 Å². The fourth-order valence-corrected chi connectivity index (χ4v) is 4.11. The zero-order valence-corrected chi connectivity index (χ0v) is 15.0. The molecule has 0 N–H and O–H groups in total. The molecule has 1 fully saturated rings. The van der Waals surface area contributed by atoms with Crippen molar-refractivity contribution in [1.82, 2.24) is 4.31 Å². The Labute approximate surface area is 143 Å². The lowest BCUT2D eigenvalue weighted by molar-refractivity contribution is -0.143. The number of carbonyl (C=O) groups excluding carboxylic acids is 1. The van der Waals surface area contributed by atoms with Crippen LogP contribution in [0.3, 0.4) is 0 Å². The van der Waals surface area contributed by atoms with Gasteiger partial charge in [-0.1, -0.05) is 25.5 Å². The topological polar surface area (TPSA) is 87.5 Å². The molecule has 1 aliphatic rings. The fourth-order valence-electron chi connectivity index (χ4n) is 2.81. The number of sulfonamides is 1. The van der Waals surface area contributed by atoms with Gasteiger partial charge in [-0.25, -0.2) is 8.42 Å². The Balaban J connectivity index is 2.27. The van der Waals surface area contributed by atoms with Crippen molar-refractivity contribution < 1.29 is 17.9 Å². The smallest absolute Gasteiger partial charge is 0.316 e. The average Bonchev–Trinajstić information content (AvgIpc) is 3.40. The first kappa shape index (κ1) is 18.4. The van der Waals surface area contributed by atoms with Gasteiger partial charge in [0, 0.05) is 7.05 Å². The van der Waals surface area contributed by atoms with Crippen LogP contribution >= 0.6 is 0 Å². The molecule has 7 heteroatoms. The van der Waals surface area contributed by atoms with E-state index in [4.69, 9.17) is 4.74 Å². The molecule has 1 atom stereocenters. The van der Waals surface area contributed by atoms with Crippen LogP contribution in [-0.2, 0) is 25.0 Å². The number of nitriles is 1. The Morgan fingerprint density at radius 2 is 1.96 bits per heavy atom. The molecule has 0 radical (unpaired) electrons. The normalized spacial score (nSPS) is 17.1. The third-order valence-electron chi connectivity index (χ3n) is 4.56. The van der Waals surface area contributed by atoms with Crippen molar-refractivity contribution in [2.45, 2.75) is 49.0 Å². The third kappa shape index (κ3) is 3.17. The Bertz CT molecular complexity index is 746. The minimum atomic E-state index is -3.75. The van der Waals surface area contributed by atoms with Crippen LogP contribution in [0.4, 0.5) is 0 Å². The summed E-state index contributed by atoms with van der Waals surface area (Å²) in [5, 5.41) is 9.18. The second-order valence-electron chi connectivity index (χ2n) is 6.05. The number of hydrogen-bond acceptors (Lipinski definition) is 5. The molecular formula is C17H22N2O4S. The van der Waals surface area contributed by atoms with Crippen LogP contribution in [0.1, 0.15) is 38.2 Å². The van der Waals surface area contributed by atoms with Crippen LogP contribution in [0.25, 0.3) is 0 Å². The quantitative estimate of drug-likeness (QED) is 0.704. The molecule has 0 saturated heterocycles. The first-order valence-electron chi connectivity index (χ1n) is 7.90. The van der Waals surface area contributed by atoms with Gasteiger partial charge in [0.2, 0.25) is 10.0 Å². The lowest BCUT2D eigenvalue weighted by atomic mass is 9.96. The predicted octanol–water partition coefficient (Wildman–Crippen LogP) is 2.20. The van der Waals surface area contributed by atoms with Gasteiger partial charge >= 0.3 is 5.97 Å². The summed E-state index contributed by atoms with van der Waals surface area (Å²) in [7, 11) is -0.972. The van der Waals surface area contributed by atoms with Gasteiger partial charge in [0.15, 0.2) is 0 Å². The van der Waals surface area contributed by atoms with Gasteiger partial charge in [0.25, 0.3) is 0 Å². The van der Waals surface area contributed by atoms with Crippen LogP contribution in [-0.4, -0.2) is 38.9 Å². The van der Waals surface area contributed by atoms with E-state index < -0.39 is 21.5 Å². The zero-order valence-electron chi connectivity index (χ0n) is 14.2. The number of benzene rings is 1. The molecule has 6 nitrogen and oxygen atoms in total. The van der Waals surface area contributed by atoms with Crippen molar-refractivity contribution in [1.29, 1.82) is 5.26 Å². The third-order valence-corrected chi connectivity index (χ3v) is 6.44. The summed E-state index contributed by atoms with van der Waals surface area (Å²) < 4.78 is 31.3. The van der Waals surface area contributed by atoms with Gasteiger partial charge in [-0.3, -0.25) is 4.79 Å². The Kier molecular flexibility index (Phi) is 5.31. The molecule has 1 aliphatic carbocycles. The SMILES string of the molecule is CCC[C@@H](C#N)N(C)S(=O)(=O)c1ccc(C2(C(=O)OC)CC2)cc1. The highest BCUT2D eigenvalue weighted by Gasteiger charge is 2.52. The summed E-state index contributed by atoms with van der Waals surface area (Å²) >= 11 is 0. The van der Waals surface area contributed by atoms with Crippen molar-refractivity contribution in [3.8, 4) is 6.07 Å². The zero-order chi connectivity index (χ0) is 18.0. The minimum Gasteiger partial charge on any atom is -0.468 e. The molecule has 0 bridgehead atoms. The number of carbonyl (C=O) groups is 1. The van der Waals surface area contributed by atoms with Gasteiger partial charge in [-0.2, -0.15) is 9.57 Å². The van der Waals surface area contributed by atoms with E-state index in [2.05, 4.69) is 0 Å². The Morgan fingerprint density at radius 3 is 2.38 bits per heavy atom. The molecule has 0 amide bonds.